The van der Waals surface area contributed by atoms with E-state index in [0.29, 0.717) is 30.1 Å². The van der Waals surface area contributed by atoms with Gasteiger partial charge in [0.1, 0.15) is 11.4 Å². The number of rotatable bonds is 4. The van der Waals surface area contributed by atoms with Crippen LogP contribution in [0.4, 0.5) is 10.6 Å². The predicted octanol–water partition coefficient (Wildman–Crippen LogP) is -0.311. The predicted molar refractivity (Wildman–Crippen MR) is 99.0 cm³/mol. The third kappa shape index (κ3) is 5.10. The third-order valence-electron chi connectivity index (χ3n) is 3.91. The molecule has 0 fully saturated rings. The molecule has 0 bridgehead atoms. The van der Waals surface area contributed by atoms with Crippen molar-refractivity contribution in [1.82, 2.24) is 10.3 Å². The summed E-state index contributed by atoms with van der Waals surface area (Å²) in [5.74, 6) is 6.48. The fourth-order valence-electron chi connectivity index (χ4n) is 2.70. The Labute approximate surface area is 153 Å². The number of alkyl carbamates (subject to hydrolysis) is 1. The Morgan fingerprint density at radius 2 is 2.15 bits per heavy atom. The highest BCUT2D eigenvalue weighted by Gasteiger charge is 2.28. The summed E-state index contributed by atoms with van der Waals surface area (Å²) in [5, 5.41) is 22.7. The van der Waals surface area contributed by atoms with E-state index in [0.717, 1.165) is 6.42 Å². The minimum Gasteiger partial charge on any atom is -0.444 e. The molecule has 1 aliphatic rings. The molecule has 0 saturated heterocycles. The average Bonchev–Trinajstić information content (AvgIpc) is 2.54. The lowest BCUT2D eigenvalue weighted by atomic mass is 9.81. The zero-order chi connectivity index (χ0) is 19.5. The highest BCUT2D eigenvalue weighted by atomic mass is 16.6. The molecule has 1 aliphatic carbocycles. The number of pyridine rings is 1. The molecule has 7 N–H and O–H groups in total. The van der Waals surface area contributed by atoms with Crippen molar-refractivity contribution < 1.29 is 19.6 Å². The summed E-state index contributed by atoms with van der Waals surface area (Å²) in [5.41, 5.74) is 6.95. The first-order valence-electron chi connectivity index (χ1n) is 8.43. The van der Waals surface area contributed by atoms with Gasteiger partial charge in [0.15, 0.2) is 0 Å². The van der Waals surface area contributed by atoms with Gasteiger partial charge >= 0.3 is 13.2 Å². The van der Waals surface area contributed by atoms with E-state index < -0.39 is 24.9 Å². The maximum Gasteiger partial charge on any atom is 0.488 e. The maximum absolute atomic E-state index is 12.0. The zero-order valence-corrected chi connectivity index (χ0v) is 15.3. The number of nitrogens with one attached hydrogen (secondary N) is 1. The summed E-state index contributed by atoms with van der Waals surface area (Å²) >= 11 is 0. The molecule has 1 aromatic rings. The highest BCUT2D eigenvalue weighted by Crippen LogP contribution is 2.26. The van der Waals surface area contributed by atoms with Crippen molar-refractivity contribution in [2.75, 3.05) is 5.01 Å². The average molecular weight is 363 g/mol. The molecule has 2 rings (SSSR count). The number of allylic oxidation sites excluding steroid dienone is 1. The van der Waals surface area contributed by atoms with Crippen LogP contribution in [0, 0.1) is 0 Å². The van der Waals surface area contributed by atoms with E-state index in [4.69, 9.17) is 16.3 Å². The van der Waals surface area contributed by atoms with E-state index in [2.05, 4.69) is 10.3 Å². The van der Waals surface area contributed by atoms with E-state index in [1.165, 1.54) is 23.3 Å². The summed E-state index contributed by atoms with van der Waals surface area (Å²) in [6, 6.07) is 2.55. The molecular formula is C16H26BN5O4. The van der Waals surface area contributed by atoms with Crippen molar-refractivity contribution in [3.8, 4) is 0 Å². The second-order valence-corrected chi connectivity index (χ2v) is 7.18. The standard InChI is InChI=1S/C16H26BN5O4/c1-16(2,3)26-15(23)21-11-5-4-6-12(14(11)18)22(19)13-9-10(17(24)25)7-8-20-13/h7-9,11,24-25H,4-6,18-19H2,1-3H3,(H,21,23). The normalized spacial score (nSPS) is 17.7. The van der Waals surface area contributed by atoms with E-state index in [1.807, 2.05) is 0 Å². The van der Waals surface area contributed by atoms with Crippen LogP contribution in [0.3, 0.4) is 0 Å². The van der Waals surface area contributed by atoms with Crippen molar-refractivity contribution in [1.29, 1.82) is 0 Å². The molecule has 0 spiro atoms. The molecule has 1 unspecified atom stereocenters. The number of nitrogens with two attached hydrogens (primary N) is 2. The van der Waals surface area contributed by atoms with Crippen molar-refractivity contribution in [3.05, 3.63) is 29.7 Å². The summed E-state index contributed by atoms with van der Waals surface area (Å²) in [6.07, 6.45) is 2.94. The van der Waals surface area contributed by atoms with Crippen LogP contribution in [-0.2, 0) is 4.74 Å². The molecular weight excluding hydrogens is 337 g/mol. The molecule has 1 atom stereocenters. The molecule has 26 heavy (non-hydrogen) atoms. The summed E-state index contributed by atoms with van der Waals surface area (Å²) in [7, 11) is -1.62. The first kappa shape index (κ1) is 20.0. The van der Waals surface area contributed by atoms with Crippen molar-refractivity contribution >= 4 is 24.5 Å². The maximum atomic E-state index is 12.0. The second-order valence-electron chi connectivity index (χ2n) is 7.18. The van der Waals surface area contributed by atoms with Crippen LogP contribution in [0.2, 0.25) is 0 Å². The molecule has 0 aliphatic heterocycles. The Morgan fingerprint density at radius 1 is 1.46 bits per heavy atom. The van der Waals surface area contributed by atoms with Gasteiger partial charge in [0.2, 0.25) is 0 Å². The molecule has 0 saturated carbocycles. The Hall–Kier alpha value is -2.30. The van der Waals surface area contributed by atoms with Gasteiger partial charge in [0.05, 0.1) is 17.4 Å². The Morgan fingerprint density at radius 3 is 2.77 bits per heavy atom. The second kappa shape index (κ2) is 7.94. The molecule has 9 nitrogen and oxygen atoms in total. The number of hydrogen-bond acceptors (Lipinski definition) is 8. The van der Waals surface area contributed by atoms with Crippen LogP contribution in [0.5, 0.6) is 0 Å². The molecule has 1 aromatic heterocycles. The van der Waals surface area contributed by atoms with E-state index >= 15 is 0 Å². The number of ether oxygens (including phenoxy) is 1. The topological polar surface area (TPSA) is 147 Å². The largest absolute Gasteiger partial charge is 0.488 e. The van der Waals surface area contributed by atoms with Gasteiger partial charge in [0, 0.05) is 6.20 Å². The minimum atomic E-state index is -1.62. The number of carbonyl (C=O) groups excluding carboxylic acids is 1. The molecule has 1 heterocycles. The quantitative estimate of drug-likeness (QED) is 0.278. The van der Waals surface area contributed by atoms with Crippen LogP contribution >= 0.6 is 0 Å². The Kier molecular flexibility index (Phi) is 6.11. The molecule has 1 amide bonds. The fourth-order valence-corrected chi connectivity index (χ4v) is 2.70. The van der Waals surface area contributed by atoms with E-state index in [1.54, 1.807) is 20.8 Å². The van der Waals surface area contributed by atoms with Crippen molar-refractivity contribution in [3.63, 3.8) is 0 Å². The lowest BCUT2D eigenvalue weighted by Crippen LogP contribution is -2.46. The number of amides is 1. The number of aromatic nitrogens is 1. The smallest absolute Gasteiger partial charge is 0.444 e. The van der Waals surface area contributed by atoms with Gasteiger partial charge in [-0.3, -0.25) is 5.01 Å². The lowest BCUT2D eigenvalue weighted by Gasteiger charge is -2.32. The van der Waals surface area contributed by atoms with E-state index in [-0.39, 0.29) is 5.46 Å². The zero-order valence-electron chi connectivity index (χ0n) is 15.3. The summed E-state index contributed by atoms with van der Waals surface area (Å²) in [6.45, 7) is 5.36. The van der Waals surface area contributed by atoms with Gasteiger partial charge in [0.25, 0.3) is 0 Å². The lowest BCUT2D eigenvalue weighted by molar-refractivity contribution is 0.0507. The van der Waals surface area contributed by atoms with Crippen molar-refractivity contribution in [2.24, 2.45) is 11.6 Å². The van der Waals surface area contributed by atoms with Gasteiger partial charge in [-0.15, -0.1) is 0 Å². The monoisotopic (exact) mass is 363 g/mol. The van der Waals surface area contributed by atoms with Crippen LogP contribution in [-0.4, -0.2) is 39.9 Å². The summed E-state index contributed by atoms with van der Waals surface area (Å²) in [4.78, 5) is 16.2. The number of hydrazine groups is 1. The first-order valence-corrected chi connectivity index (χ1v) is 8.43. The Balaban J connectivity index is 2.19. The van der Waals surface area contributed by atoms with Crippen LogP contribution in [0.15, 0.2) is 29.7 Å². The highest BCUT2D eigenvalue weighted by molar-refractivity contribution is 6.58. The van der Waals surface area contributed by atoms with Crippen molar-refractivity contribution in [2.45, 2.75) is 51.7 Å². The summed E-state index contributed by atoms with van der Waals surface area (Å²) < 4.78 is 5.27. The molecule has 0 aromatic carbocycles. The number of carbonyl (C=O) groups is 1. The number of nitrogens with zero attached hydrogens (tertiary/aromatic N) is 2. The van der Waals surface area contributed by atoms with Gasteiger partial charge < -0.3 is 25.8 Å². The first-order chi connectivity index (χ1) is 12.1. The third-order valence-corrected chi connectivity index (χ3v) is 3.91. The van der Waals surface area contributed by atoms with Crippen LogP contribution in [0.1, 0.15) is 40.0 Å². The molecule has 0 radical (unpaired) electrons. The van der Waals surface area contributed by atoms with E-state index in [9.17, 15) is 14.8 Å². The number of hydrogen-bond donors (Lipinski definition) is 5. The fraction of sp³-hybridized carbons (Fsp3) is 0.500. The molecule has 10 heteroatoms. The van der Waals surface area contributed by atoms with Gasteiger partial charge in [-0.2, -0.15) is 0 Å². The van der Waals surface area contributed by atoms with Crippen LogP contribution in [0.25, 0.3) is 0 Å². The SMILES string of the molecule is CC(C)(C)OC(=O)NC1CCCC(N(N)c2cc(B(O)O)ccn2)=C1N. The van der Waals surface area contributed by atoms with Gasteiger partial charge in [-0.25, -0.2) is 15.6 Å². The Bertz CT molecular complexity index is 689. The van der Waals surface area contributed by atoms with Gasteiger partial charge in [-0.05, 0) is 57.6 Å². The van der Waals surface area contributed by atoms with Crippen LogP contribution < -0.4 is 27.4 Å². The number of anilines is 1. The molecule has 142 valence electrons. The van der Waals surface area contributed by atoms with Gasteiger partial charge in [-0.1, -0.05) is 0 Å². The minimum absolute atomic E-state index is 0.267.